The molecule has 5 rings (SSSR count). The van der Waals surface area contributed by atoms with Gasteiger partial charge in [0.05, 0.1) is 29.2 Å². The zero-order valence-electron chi connectivity index (χ0n) is 34.2. The molecule has 3 saturated heterocycles. The Morgan fingerprint density at radius 1 is 1.05 bits per heavy atom. The lowest BCUT2D eigenvalue weighted by atomic mass is 9.71. The van der Waals surface area contributed by atoms with Crippen LogP contribution in [0.3, 0.4) is 0 Å². The normalized spacial score (nSPS) is 38.9. The van der Waals surface area contributed by atoms with Crippen LogP contribution in [0.1, 0.15) is 79.7 Å². The van der Waals surface area contributed by atoms with Gasteiger partial charge in [-0.05, 0) is 85.2 Å². The number of carbonyl (C=O) groups is 4. The number of para-hydroxylation sites is 1. The Balaban J connectivity index is 1.51. The first-order valence-electron chi connectivity index (χ1n) is 19.5. The molecule has 0 spiro atoms. The standard InChI is InChI=1S/C42H59N3O11/c1-23-21-40(6,52-10)36(55-38-35(48)31(45(8)9)19-24(2)53-38)25(3)34(47)26(4)37(49)54-32(41(7)42(51,27(5)33(23)46)44-39(50)56-41)18-14-11-15-28-20-29-16-12-13-17-30(29)43-22-28/h11-13,15-17,20,22-27,31-32,35-36,38,48,51H,14,18-19,21H2,1-10H3,(H,44,50)/b15-11+/t23-,24?,25+,26-,27+,31?,32-,35?,36-,38?,40-,41-,42+/m1/s1. The minimum absolute atomic E-state index is 0.00269. The monoisotopic (exact) mass is 781 g/mol. The number of likely N-dealkylation sites (N-methyl/N-ethyl adjacent to an activating group) is 1. The molecule has 308 valence electrons. The van der Waals surface area contributed by atoms with Crippen LogP contribution in [0.2, 0.25) is 0 Å². The van der Waals surface area contributed by atoms with Gasteiger partial charge >= 0.3 is 12.1 Å². The van der Waals surface area contributed by atoms with Crippen LogP contribution in [0.4, 0.5) is 4.79 Å². The first-order valence-corrected chi connectivity index (χ1v) is 19.5. The van der Waals surface area contributed by atoms with Gasteiger partial charge < -0.3 is 38.8 Å². The molecular formula is C42H59N3O11. The molecule has 1 aromatic heterocycles. The summed E-state index contributed by atoms with van der Waals surface area (Å²) in [6, 6.07) is 9.39. The second-order valence-electron chi connectivity index (χ2n) is 16.5. The highest BCUT2D eigenvalue weighted by Crippen LogP contribution is 2.44. The molecule has 4 heterocycles. The molecule has 0 bridgehead atoms. The highest BCUT2D eigenvalue weighted by Gasteiger charge is 2.66. The summed E-state index contributed by atoms with van der Waals surface area (Å²) >= 11 is 0. The van der Waals surface area contributed by atoms with Crippen LogP contribution >= 0.6 is 0 Å². The number of cyclic esters (lactones) is 1. The predicted octanol–water partition coefficient (Wildman–Crippen LogP) is 4.43. The Morgan fingerprint density at radius 2 is 1.75 bits per heavy atom. The number of aliphatic hydroxyl groups excluding tert-OH is 1. The van der Waals surface area contributed by atoms with Gasteiger partial charge in [0, 0.05) is 36.6 Å². The summed E-state index contributed by atoms with van der Waals surface area (Å²) in [5.41, 5.74) is -3.94. The van der Waals surface area contributed by atoms with Crippen molar-refractivity contribution in [1.29, 1.82) is 0 Å². The fourth-order valence-electron chi connectivity index (χ4n) is 8.67. The van der Waals surface area contributed by atoms with Crippen molar-refractivity contribution in [2.45, 2.75) is 128 Å². The zero-order valence-corrected chi connectivity index (χ0v) is 34.2. The van der Waals surface area contributed by atoms with Crippen molar-refractivity contribution in [2.24, 2.45) is 23.7 Å². The Labute approximate surface area is 329 Å². The van der Waals surface area contributed by atoms with Crippen molar-refractivity contribution in [1.82, 2.24) is 15.2 Å². The maximum Gasteiger partial charge on any atom is 0.410 e. The van der Waals surface area contributed by atoms with Crippen LogP contribution in [0.15, 0.2) is 42.6 Å². The van der Waals surface area contributed by atoms with Gasteiger partial charge in [0.25, 0.3) is 0 Å². The highest BCUT2D eigenvalue weighted by atomic mass is 16.7. The second-order valence-corrected chi connectivity index (χ2v) is 16.5. The third-order valence-electron chi connectivity index (χ3n) is 12.3. The van der Waals surface area contributed by atoms with Gasteiger partial charge in [-0.25, -0.2) is 4.79 Å². The number of pyridine rings is 1. The third-order valence-corrected chi connectivity index (χ3v) is 12.3. The second kappa shape index (κ2) is 17.0. The molecule has 14 heteroatoms. The van der Waals surface area contributed by atoms with E-state index in [2.05, 4.69) is 10.3 Å². The van der Waals surface area contributed by atoms with Crippen molar-refractivity contribution in [3.63, 3.8) is 0 Å². The van der Waals surface area contributed by atoms with Gasteiger partial charge in [-0.1, -0.05) is 51.1 Å². The average molecular weight is 782 g/mol. The first-order chi connectivity index (χ1) is 26.3. The maximum absolute atomic E-state index is 14.4. The Morgan fingerprint density at radius 3 is 2.43 bits per heavy atom. The third kappa shape index (κ3) is 8.41. The van der Waals surface area contributed by atoms with E-state index in [9.17, 15) is 29.4 Å². The van der Waals surface area contributed by atoms with Crippen LogP contribution in [0.25, 0.3) is 17.0 Å². The number of methoxy groups -OCH3 is 1. The summed E-state index contributed by atoms with van der Waals surface area (Å²) in [5.74, 6) is -6.35. The molecule has 1 aromatic carbocycles. The minimum atomic E-state index is -2.33. The Bertz CT molecular complexity index is 1800. The SMILES string of the molecule is CO[C@]1(C)C[C@@H](C)C(=O)[C@H](C)[C@@]2(O)NC(=O)O[C@]2(C)[C@@H](CC/C=C/c2cnc3ccccc3c2)OC(=O)[C@H](C)C(=O)[C@H](C)[C@H]1OC1OC(C)CC(N(C)C)C1O. The number of Topliss-reactive ketones (excluding diaryl/α,β-unsaturated/α-hetero) is 2. The lowest BCUT2D eigenvalue weighted by molar-refractivity contribution is -0.295. The van der Waals surface area contributed by atoms with E-state index >= 15 is 0 Å². The van der Waals surface area contributed by atoms with Crippen LogP contribution in [0.5, 0.6) is 0 Å². The summed E-state index contributed by atoms with van der Waals surface area (Å²) < 4.78 is 30.6. The van der Waals surface area contributed by atoms with Crippen molar-refractivity contribution < 1.29 is 53.1 Å². The molecule has 13 atom stereocenters. The molecule has 14 nitrogen and oxygen atoms in total. The molecule has 3 N–H and O–H groups in total. The first kappa shape index (κ1) is 43.3. The van der Waals surface area contributed by atoms with E-state index < -0.39 is 88.8 Å². The Kier molecular flexibility index (Phi) is 13.1. The zero-order chi connectivity index (χ0) is 41.3. The quantitative estimate of drug-likeness (QED) is 0.253. The number of alkyl carbamates (subject to hydrolysis) is 1. The van der Waals surface area contributed by atoms with Crippen molar-refractivity contribution in [3.05, 3.63) is 48.2 Å². The molecule has 3 aliphatic heterocycles. The van der Waals surface area contributed by atoms with Crippen molar-refractivity contribution in [3.8, 4) is 0 Å². The number of amides is 1. The molecule has 2 aromatic rings. The van der Waals surface area contributed by atoms with E-state index in [0.717, 1.165) is 16.5 Å². The van der Waals surface area contributed by atoms with Gasteiger partial charge in [0.2, 0.25) is 0 Å². The number of nitrogens with one attached hydrogen (secondary N) is 1. The summed E-state index contributed by atoms with van der Waals surface area (Å²) in [6.45, 7) is 11.2. The van der Waals surface area contributed by atoms with Gasteiger partial charge in [-0.2, -0.15) is 0 Å². The van der Waals surface area contributed by atoms with Crippen LogP contribution in [-0.2, 0) is 38.1 Å². The number of nitrogens with zero attached hydrogens (tertiary/aromatic N) is 2. The van der Waals surface area contributed by atoms with Gasteiger partial charge in [0.15, 0.2) is 23.4 Å². The van der Waals surface area contributed by atoms with E-state index in [1.165, 1.54) is 27.9 Å². The van der Waals surface area contributed by atoms with Gasteiger partial charge in [-0.3, -0.25) is 24.7 Å². The molecule has 3 aliphatic rings. The number of ketones is 2. The Hall–Kier alpha value is -3.79. The lowest BCUT2D eigenvalue weighted by Crippen LogP contribution is -2.67. The van der Waals surface area contributed by atoms with E-state index in [1.807, 2.05) is 68.4 Å². The number of benzene rings is 1. The van der Waals surface area contributed by atoms with E-state index in [0.29, 0.717) is 12.8 Å². The number of aromatic nitrogens is 1. The van der Waals surface area contributed by atoms with Crippen LogP contribution in [0, 0.1) is 23.7 Å². The smallest absolute Gasteiger partial charge is 0.410 e. The summed E-state index contributed by atoms with van der Waals surface area (Å²) in [4.78, 5) is 62.2. The number of hydrogen-bond acceptors (Lipinski definition) is 13. The maximum atomic E-state index is 14.4. The van der Waals surface area contributed by atoms with Crippen molar-refractivity contribution in [2.75, 3.05) is 21.2 Å². The number of rotatable bonds is 8. The topological polar surface area (TPSA) is 183 Å². The largest absolute Gasteiger partial charge is 0.457 e. The fraction of sp³-hybridized carbons (Fsp3) is 0.643. The number of fused-ring (bicyclic) bond motifs is 2. The number of hydrogen-bond donors (Lipinski definition) is 3. The number of ether oxygens (including phenoxy) is 5. The number of aliphatic hydroxyl groups is 2. The van der Waals surface area contributed by atoms with E-state index in [-0.39, 0.29) is 25.0 Å². The van der Waals surface area contributed by atoms with E-state index in [1.54, 1.807) is 27.0 Å². The molecule has 0 radical (unpaired) electrons. The molecule has 3 fully saturated rings. The number of carbonyl (C=O) groups excluding carboxylic acids is 4. The summed E-state index contributed by atoms with van der Waals surface area (Å²) in [6.07, 6.45) is 0.379. The average Bonchev–Trinajstić information content (AvgIpc) is 3.41. The molecule has 0 aliphatic carbocycles. The molecule has 56 heavy (non-hydrogen) atoms. The molecule has 0 saturated carbocycles. The fourth-order valence-corrected chi connectivity index (χ4v) is 8.67. The van der Waals surface area contributed by atoms with Gasteiger partial charge in [0.1, 0.15) is 23.9 Å². The molecular weight excluding hydrogens is 722 g/mol. The van der Waals surface area contributed by atoms with Crippen LogP contribution in [-0.4, -0.2) is 119 Å². The van der Waals surface area contributed by atoms with Crippen LogP contribution < -0.4 is 5.32 Å². The van der Waals surface area contributed by atoms with Crippen molar-refractivity contribution >= 4 is 40.6 Å². The van der Waals surface area contributed by atoms with E-state index in [4.69, 9.17) is 23.7 Å². The molecule has 4 unspecified atom stereocenters. The lowest BCUT2D eigenvalue weighted by Gasteiger charge is -2.47. The van der Waals surface area contributed by atoms with Gasteiger partial charge in [-0.15, -0.1) is 0 Å². The highest BCUT2D eigenvalue weighted by molar-refractivity contribution is 6.00. The number of allylic oxidation sites excluding steroid dienone is 1. The molecule has 1 amide bonds. The minimum Gasteiger partial charge on any atom is -0.457 e. The predicted molar refractivity (Wildman–Crippen MR) is 207 cm³/mol. The summed E-state index contributed by atoms with van der Waals surface area (Å²) in [5, 5.41) is 27.2. The number of esters is 1. The summed E-state index contributed by atoms with van der Waals surface area (Å²) in [7, 11) is 5.13.